The molecule has 1 aromatic heterocycles. The van der Waals surface area contributed by atoms with Gasteiger partial charge in [-0.3, -0.25) is 0 Å². The monoisotopic (exact) mass is 252 g/mol. The van der Waals surface area contributed by atoms with Crippen LogP contribution in [-0.4, -0.2) is 9.36 Å². The van der Waals surface area contributed by atoms with Crippen molar-refractivity contribution >= 4 is 11.5 Å². The van der Waals surface area contributed by atoms with E-state index < -0.39 is 0 Å². The number of nitrogens with zero attached hydrogens (tertiary/aromatic N) is 2. The van der Waals surface area contributed by atoms with Crippen LogP contribution in [0.5, 0.6) is 10.9 Å². The summed E-state index contributed by atoms with van der Waals surface area (Å²) in [7, 11) is 0. The predicted molar refractivity (Wildman–Crippen MR) is 65.2 cm³/mol. The largest absolute Gasteiger partial charge is 0.430 e. The molecule has 17 heavy (non-hydrogen) atoms. The van der Waals surface area contributed by atoms with Gasteiger partial charge in [0.1, 0.15) is 17.4 Å². The highest BCUT2D eigenvalue weighted by atomic mass is 32.1. The summed E-state index contributed by atoms with van der Waals surface area (Å²) in [4.78, 5) is 4.22. The van der Waals surface area contributed by atoms with Crippen LogP contribution < -0.4 is 4.74 Å². The van der Waals surface area contributed by atoms with Crippen molar-refractivity contribution in [3.8, 4) is 10.9 Å². The fourth-order valence-corrected chi connectivity index (χ4v) is 1.93. The second kappa shape index (κ2) is 4.79. The Morgan fingerprint density at radius 3 is 2.71 bits per heavy atom. The Morgan fingerprint density at radius 2 is 2.12 bits per heavy atom. The van der Waals surface area contributed by atoms with Crippen LogP contribution in [0, 0.1) is 12.7 Å². The molecule has 1 aromatic carbocycles. The Labute approximate surface area is 103 Å². The summed E-state index contributed by atoms with van der Waals surface area (Å²) in [6.45, 7) is 5.73. The summed E-state index contributed by atoms with van der Waals surface area (Å²) in [6, 6.07) is 4.75. The lowest BCUT2D eigenvalue weighted by molar-refractivity contribution is 0.470. The number of hydrogen-bond donors (Lipinski definition) is 0. The molecule has 2 rings (SSSR count). The molecule has 0 aliphatic carbocycles. The molecule has 0 saturated carbocycles. The Balaban J connectivity index is 2.16. The van der Waals surface area contributed by atoms with Crippen molar-refractivity contribution in [2.24, 2.45) is 0 Å². The molecule has 5 heteroatoms. The minimum absolute atomic E-state index is 0.262. The lowest BCUT2D eigenvalue weighted by atomic mass is 10.2. The number of aromatic nitrogens is 2. The molecule has 90 valence electrons. The molecule has 0 N–H and O–H groups in total. The summed E-state index contributed by atoms with van der Waals surface area (Å²) in [5, 5.41) is 0.442. The summed E-state index contributed by atoms with van der Waals surface area (Å²) in [5.41, 5.74) is 0.595. The molecule has 0 amide bonds. The Bertz CT molecular complexity index is 525. The van der Waals surface area contributed by atoms with Crippen LogP contribution in [0.15, 0.2) is 18.2 Å². The summed E-state index contributed by atoms with van der Waals surface area (Å²) in [5.74, 6) is 1.17. The van der Waals surface area contributed by atoms with Gasteiger partial charge in [0.25, 0.3) is 5.19 Å². The van der Waals surface area contributed by atoms with Gasteiger partial charge in [0.05, 0.1) is 0 Å². The zero-order chi connectivity index (χ0) is 12.4. The molecule has 0 bridgehead atoms. The van der Waals surface area contributed by atoms with E-state index >= 15 is 0 Å². The van der Waals surface area contributed by atoms with Crippen LogP contribution >= 0.6 is 11.5 Å². The highest BCUT2D eigenvalue weighted by Crippen LogP contribution is 2.26. The summed E-state index contributed by atoms with van der Waals surface area (Å²) >= 11 is 1.18. The maximum atomic E-state index is 13.3. The van der Waals surface area contributed by atoms with Crippen LogP contribution in [0.1, 0.15) is 31.2 Å². The van der Waals surface area contributed by atoms with E-state index in [1.54, 1.807) is 19.1 Å². The van der Waals surface area contributed by atoms with Gasteiger partial charge in [0.2, 0.25) is 0 Å². The van der Waals surface area contributed by atoms with Crippen molar-refractivity contribution < 1.29 is 9.13 Å². The number of halogens is 1. The molecular weight excluding hydrogens is 239 g/mol. The molecule has 0 fully saturated rings. The van der Waals surface area contributed by atoms with Crippen LogP contribution in [-0.2, 0) is 0 Å². The fraction of sp³-hybridized carbons (Fsp3) is 0.333. The van der Waals surface area contributed by atoms with Gasteiger partial charge in [-0.25, -0.2) is 4.39 Å². The number of hydrogen-bond acceptors (Lipinski definition) is 4. The molecular formula is C12H13FN2OS. The highest BCUT2D eigenvalue weighted by molar-refractivity contribution is 7.07. The van der Waals surface area contributed by atoms with E-state index in [4.69, 9.17) is 4.74 Å². The van der Waals surface area contributed by atoms with Crippen LogP contribution in [0.25, 0.3) is 0 Å². The van der Waals surface area contributed by atoms with Gasteiger partial charge in [-0.05, 0) is 18.6 Å². The Kier molecular flexibility index (Phi) is 3.38. The van der Waals surface area contributed by atoms with E-state index in [-0.39, 0.29) is 11.7 Å². The third-order valence-corrected chi connectivity index (χ3v) is 2.90. The smallest absolute Gasteiger partial charge is 0.298 e. The number of benzene rings is 1. The van der Waals surface area contributed by atoms with E-state index in [1.807, 2.05) is 13.8 Å². The third kappa shape index (κ3) is 2.79. The zero-order valence-electron chi connectivity index (χ0n) is 9.90. The third-order valence-electron chi connectivity index (χ3n) is 2.29. The molecule has 0 saturated heterocycles. The molecule has 3 nitrogen and oxygen atoms in total. The number of ether oxygens (including phenoxy) is 1. The first-order valence-corrected chi connectivity index (χ1v) is 6.11. The second-order valence-electron chi connectivity index (χ2n) is 4.09. The predicted octanol–water partition coefficient (Wildman–Crippen LogP) is 3.90. The van der Waals surface area contributed by atoms with Crippen molar-refractivity contribution in [3.05, 3.63) is 35.4 Å². The lowest BCUT2D eigenvalue weighted by Crippen LogP contribution is -1.90. The first kappa shape index (κ1) is 12.0. The van der Waals surface area contributed by atoms with Gasteiger partial charge in [0, 0.05) is 23.5 Å². The Hall–Kier alpha value is -1.49. The average molecular weight is 252 g/mol. The molecule has 1 heterocycles. The zero-order valence-corrected chi connectivity index (χ0v) is 10.7. The van der Waals surface area contributed by atoms with E-state index in [0.29, 0.717) is 16.5 Å². The van der Waals surface area contributed by atoms with Crippen molar-refractivity contribution in [1.82, 2.24) is 9.36 Å². The van der Waals surface area contributed by atoms with E-state index in [2.05, 4.69) is 9.36 Å². The van der Waals surface area contributed by atoms with Crippen molar-refractivity contribution in [2.75, 3.05) is 0 Å². The van der Waals surface area contributed by atoms with E-state index in [1.165, 1.54) is 17.6 Å². The van der Waals surface area contributed by atoms with Gasteiger partial charge in [-0.2, -0.15) is 9.36 Å². The maximum Gasteiger partial charge on any atom is 0.298 e. The SMILES string of the molecule is Cc1ccc(Oc2nc(C(C)C)ns2)cc1F. The van der Waals surface area contributed by atoms with Gasteiger partial charge in [-0.15, -0.1) is 0 Å². The quantitative estimate of drug-likeness (QED) is 0.831. The van der Waals surface area contributed by atoms with Crippen LogP contribution in [0.4, 0.5) is 4.39 Å². The van der Waals surface area contributed by atoms with Crippen molar-refractivity contribution in [1.29, 1.82) is 0 Å². The minimum atomic E-state index is -0.281. The van der Waals surface area contributed by atoms with E-state index in [9.17, 15) is 4.39 Å². The van der Waals surface area contributed by atoms with Crippen LogP contribution in [0.2, 0.25) is 0 Å². The normalized spacial score (nSPS) is 10.9. The molecule has 0 spiro atoms. The number of aryl methyl sites for hydroxylation is 1. The fourth-order valence-electron chi connectivity index (χ4n) is 1.23. The summed E-state index contributed by atoms with van der Waals surface area (Å²) in [6.07, 6.45) is 0. The summed E-state index contributed by atoms with van der Waals surface area (Å²) < 4.78 is 22.9. The maximum absolute atomic E-state index is 13.3. The number of rotatable bonds is 3. The van der Waals surface area contributed by atoms with Crippen molar-refractivity contribution in [2.45, 2.75) is 26.7 Å². The van der Waals surface area contributed by atoms with Crippen molar-refractivity contribution in [3.63, 3.8) is 0 Å². The van der Waals surface area contributed by atoms with Crippen LogP contribution in [0.3, 0.4) is 0 Å². The topological polar surface area (TPSA) is 35.0 Å². The highest BCUT2D eigenvalue weighted by Gasteiger charge is 2.09. The minimum Gasteiger partial charge on any atom is -0.430 e. The molecule has 0 unspecified atom stereocenters. The average Bonchev–Trinajstić information content (AvgIpc) is 2.72. The molecule has 2 aromatic rings. The van der Waals surface area contributed by atoms with Gasteiger partial charge in [-0.1, -0.05) is 19.9 Å². The first-order valence-electron chi connectivity index (χ1n) is 5.34. The Morgan fingerprint density at radius 1 is 1.35 bits per heavy atom. The van der Waals surface area contributed by atoms with Gasteiger partial charge >= 0.3 is 0 Å². The van der Waals surface area contributed by atoms with Gasteiger partial charge in [0.15, 0.2) is 0 Å². The van der Waals surface area contributed by atoms with E-state index in [0.717, 1.165) is 5.82 Å². The van der Waals surface area contributed by atoms with Gasteiger partial charge < -0.3 is 4.74 Å². The molecule has 0 radical (unpaired) electrons. The molecule has 0 aliphatic heterocycles. The standard InChI is InChI=1S/C12H13FN2OS/c1-7(2)11-14-12(17-15-11)16-9-5-4-8(3)10(13)6-9/h4-7H,1-3H3. The second-order valence-corrected chi connectivity index (χ2v) is 4.80. The molecule has 0 aliphatic rings. The molecule has 0 atom stereocenters. The first-order chi connectivity index (χ1) is 8.06. The lowest BCUT2D eigenvalue weighted by Gasteiger charge is -2.02.